The smallest absolute Gasteiger partial charge is 0.416 e. The molecule has 0 fully saturated rings. The first-order valence-corrected chi connectivity index (χ1v) is 14.8. The van der Waals surface area contributed by atoms with E-state index in [0.29, 0.717) is 52.8 Å². The Kier molecular flexibility index (Phi) is 9.89. The molecule has 43 heavy (non-hydrogen) atoms. The molecule has 0 bridgehead atoms. The summed E-state index contributed by atoms with van der Waals surface area (Å²) in [6.07, 6.45) is -2.67. The summed E-state index contributed by atoms with van der Waals surface area (Å²) >= 11 is 3.41. The van der Waals surface area contributed by atoms with Gasteiger partial charge in [-0.1, -0.05) is 40.2 Å². The average molecular weight is 657 g/mol. The first kappa shape index (κ1) is 32.1. The molecule has 1 amide bonds. The molecule has 4 aromatic rings. The molecule has 6 nitrogen and oxygen atoms in total. The highest BCUT2D eigenvalue weighted by Crippen LogP contribution is 2.32. The number of aromatic nitrogens is 2. The van der Waals surface area contributed by atoms with Crippen LogP contribution in [-0.2, 0) is 22.1 Å². The Hall–Kier alpha value is -3.79. The summed E-state index contributed by atoms with van der Waals surface area (Å²) in [5.74, 6) is -0.571. The van der Waals surface area contributed by atoms with Gasteiger partial charge in [0.1, 0.15) is 5.60 Å². The standard InChI is InChI=1S/C33H33BrF3N3O3/c1-20(21-11-16-25(34)17-12-21)38-31(42)23-13-18-26-28(19-23)39-27(7-5-6-8-29(41)43-32(2,3)4)30(40-26)22-9-14-24(15-10-22)33(35,36)37/h9-20H,5-8H2,1-4H3,(H,38,42). The maximum absolute atomic E-state index is 13.2. The summed E-state index contributed by atoms with van der Waals surface area (Å²) in [6, 6.07) is 17.2. The molecule has 10 heteroatoms. The van der Waals surface area contributed by atoms with Crippen LogP contribution in [0.1, 0.15) is 80.2 Å². The van der Waals surface area contributed by atoms with Gasteiger partial charge in [-0.05, 0) is 95.0 Å². The summed E-state index contributed by atoms with van der Waals surface area (Å²) in [6.45, 7) is 7.32. The van der Waals surface area contributed by atoms with Gasteiger partial charge in [0.05, 0.1) is 34.0 Å². The second-order valence-electron chi connectivity index (χ2n) is 11.3. The van der Waals surface area contributed by atoms with Crippen molar-refractivity contribution in [3.8, 4) is 11.3 Å². The molecule has 1 heterocycles. The van der Waals surface area contributed by atoms with E-state index in [-0.39, 0.29) is 24.3 Å². The van der Waals surface area contributed by atoms with Crippen molar-refractivity contribution in [2.75, 3.05) is 0 Å². The number of halogens is 4. The van der Waals surface area contributed by atoms with Gasteiger partial charge in [0.2, 0.25) is 0 Å². The van der Waals surface area contributed by atoms with Gasteiger partial charge in [-0.2, -0.15) is 13.2 Å². The van der Waals surface area contributed by atoms with E-state index in [2.05, 4.69) is 21.2 Å². The lowest BCUT2D eigenvalue weighted by Gasteiger charge is -2.19. The van der Waals surface area contributed by atoms with Crippen molar-refractivity contribution < 1.29 is 27.5 Å². The molecule has 0 aliphatic heterocycles. The second-order valence-corrected chi connectivity index (χ2v) is 12.3. The normalized spacial score (nSPS) is 12.7. The van der Waals surface area contributed by atoms with Crippen molar-refractivity contribution >= 4 is 38.8 Å². The first-order valence-electron chi connectivity index (χ1n) is 14.0. The number of fused-ring (bicyclic) bond motifs is 1. The van der Waals surface area contributed by atoms with Crippen molar-refractivity contribution in [3.63, 3.8) is 0 Å². The Balaban J connectivity index is 1.60. The van der Waals surface area contributed by atoms with Crippen LogP contribution in [0.25, 0.3) is 22.3 Å². The van der Waals surface area contributed by atoms with Crippen molar-refractivity contribution in [2.45, 2.75) is 71.2 Å². The Morgan fingerprint density at radius 3 is 2.21 bits per heavy atom. The number of nitrogens with zero attached hydrogens (tertiary/aromatic N) is 2. The largest absolute Gasteiger partial charge is 0.460 e. The number of carbonyl (C=O) groups excluding carboxylic acids is 2. The number of ether oxygens (including phenoxy) is 1. The Morgan fingerprint density at radius 2 is 1.58 bits per heavy atom. The molecule has 1 N–H and O–H groups in total. The molecule has 226 valence electrons. The molecule has 0 spiro atoms. The number of rotatable bonds is 9. The SMILES string of the molecule is CC(NC(=O)c1ccc2nc(-c3ccc(C(F)(F)F)cc3)c(CCCCC(=O)OC(C)(C)C)nc2c1)c1ccc(Br)cc1. The summed E-state index contributed by atoms with van der Waals surface area (Å²) in [7, 11) is 0. The van der Waals surface area contributed by atoms with E-state index in [4.69, 9.17) is 14.7 Å². The molecule has 0 aliphatic carbocycles. The number of benzene rings is 3. The van der Waals surface area contributed by atoms with E-state index in [1.165, 1.54) is 12.1 Å². The van der Waals surface area contributed by atoms with Crippen LogP contribution in [-0.4, -0.2) is 27.4 Å². The van der Waals surface area contributed by atoms with Gasteiger partial charge >= 0.3 is 12.1 Å². The van der Waals surface area contributed by atoms with Crippen molar-refractivity contribution in [1.82, 2.24) is 15.3 Å². The van der Waals surface area contributed by atoms with Crippen molar-refractivity contribution in [2.24, 2.45) is 0 Å². The topological polar surface area (TPSA) is 81.2 Å². The van der Waals surface area contributed by atoms with Gasteiger partial charge in [-0.15, -0.1) is 0 Å². The van der Waals surface area contributed by atoms with Crippen LogP contribution in [0.2, 0.25) is 0 Å². The van der Waals surface area contributed by atoms with Crippen molar-refractivity contribution in [1.29, 1.82) is 0 Å². The Labute approximate surface area is 257 Å². The molecule has 1 unspecified atom stereocenters. The average Bonchev–Trinajstić information content (AvgIpc) is 2.93. The van der Waals surface area contributed by atoms with Gasteiger partial charge in [-0.3, -0.25) is 9.59 Å². The van der Waals surface area contributed by atoms with Crippen LogP contribution in [0.15, 0.2) is 71.2 Å². The fourth-order valence-corrected chi connectivity index (χ4v) is 4.79. The molecule has 1 aromatic heterocycles. The van der Waals surface area contributed by atoms with E-state index in [0.717, 1.165) is 22.2 Å². The highest BCUT2D eigenvalue weighted by atomic mass is 79.9. The molecule has 1 atom stereocenters. The van der Waals surface area contributed by atoms with E-state index in [1.807, 2.05) is 52.0 Å². The minimum atomic E-state index is -4.45. The molecular formula is C33H33BrF3N3O3. The van der Waals surface area contributed by atoms with Crippen LogP contribution in [0.3, 0.4) is 0 Å². The number of hydrogen-bond donors (Lipinski definition) is 1. The number of nitrogens with one attached hydrogen (secondary N) is 1. The third-order valence-electron chi connectivity index (χ3n) is 6.67. The van der Waals surface area contributed by atoms with Gasteiger partial charge in [0.25, 0.3) is 5.91 Å². The predicted octanol–water partition coefficient (Wildman–Crippen LogP) is 8.62. The van der Waals surface area contributed by atoms with Gasteiger partial charge in [-0.25, -0.2) is 9.97 Å². The zero-order valence-corrected chi connectivity index (χ0v) is 26.0. The number of esters is 1. The third-order valence-corrected chi connectivity index (χ3v) is 7.20. The lowest BCUT2D eigenvalue weighted by molar-refractivity contribution is -0.155. The summed E-state index contributed by atoms with van der Waals surface area (Å²) in [4.78, 5) is 34.8. The number of alkyl halides is 3. The lowest BCUT2D eigenvalue weighted by atomic mass is 10.0. The zero-order chi connectivity index (χ0) is 31.4. The lowest BCUT2D eigenvalue weighted by Crippen LogP contribution is -2.26. The molecule has 0 saturated carbocycles. The number of hydrogen-bond acceptors (Lipinski definition) is 5. The molecule has 0 aliphatic rings. The molecule has 0 saturated heterocycles. The number of unbranched alkanes of at least 4 members (excludes halogenated alkanes) is 1. The van der Waals surface area contributed by atoms with E-state index in [1.54, 1.807) is 18.2 Å². The zero-order valence-electron chi connectivity index (χ0n) is 24.4. The minimum Gasteiger partial charge on any atom is -0.460 e. The molecule has 0 radical (unpaired) electrons. The highest BCUT2D eigenvalue weighted by molar-refractivity contribution is 9.10. The first-order chi connectivity index (χ1) is 20.2. The monoisotopic (exact) mass is 655 g/mol. The second kappa shape index (κ2) is 13.2. The Morgan fingerprint density at radius 1 is 0.907 bits per heavy atom. The number of carbonyl (C=O) groups is 2. The van der Waals surface area contributed by atoms with Gasteiger partial charge in [0.15, 0.2) is 0 Å². The fraction of sp³-hybridized carbons (Fsp3) is 0.333. The van der Waals surface area contributed by atoms with Crippen LogP contribution in [0, 0.1) is 0 Å². The molecule has 3 aromatic carbocycles. The molecular weight excluding hydrogens is 623 g/mol. The van der Waals surface area contributed by atoms with E-state index in [9.17, 15) is 22.8 Å². The van der Waals surface area contributed by atoms with Crippen LogP contribution in [0.4, 0.5) is 13.2 Å². The van der Waals surface area contributed by atoms with Crippen LogP contribution in [0.5, 0.6) is 0 Å². The third kappa shape index (κ3) is 8.86. The van der Waals surface area contributed by atoms with E-state index >= 15 is 0 Å². The summed E-state index contributed by atoms with van der Waals surface area (Å²) in [5, 5.41) is 3.00. The predicted molar refractivity (Wildman–Crippen MR) is 163 cm³/mol. The maximum atomic E-state index is 13.2. The highest BCUT2D eigenvalue weighted by Gasteiger charge is 2.30. The van der Waals surface area contributed by atoms with Crippen LogP contribution < -0.4 is 5.32 Å². The maximum Gasteiger partial charge on any atom is 0.416 e. The van der Waals surface area contributed by atoms with Crippen molar-refractivity contribution in [3.05, 3.63) is 93.6 Å². The summed E-state index contributed by atoms with van der Waals surface area (Å²) in [5.41, 5.74) is 2.54. The quantitative estimate of drug-likeness (QED) is 0.144. The van der Waals surface area contributed by atoms with Crippen LogP contribution >= 0.6 is 15.9 Å². The fourth-order valence-electron chi connectivity index (χ4n) is 4.52. The van der Waals surface area contributed by atoms with Gasteiger partial charge in [0, 0.05) is 22.0 Å². The minimum absolute atomic E-state index is 0.231. The van der Waals surface area contributed by atoms with Gasteiger partial charge < -0.3 is 10.1 Å². The van der Waals surface area contributed by atoms with E-state index < -0.39 is 17.3 Å². The Bertz CT molecular complexity index is 1600. The molecule has 4 rings (SSSR count). The number of aryl methyl sites for hydroxylation is 1. The summed E-state index contributed by atoms with van der Waals surface area (Å²) < 4.78 is 45.9. The number of amides is 1.